The molecule has 1 aliphatic rings. The minimum Gasteiger partial charge on any atom is -0.483 e. The normalized spacial score (nSPS) is 15.6. The van der Waals surface area contributed by atoms with Crippen LogP contribution in [0.1, 0.15) is 44.7 Å². The van der Waals surface area contributed by atoms with Crippen molar-refractivity contribution in [3.63, 3.8) is 0 Å². The van der Waals surface area contributed by atoms with E-state index in [0.717, 1.165) is 18.6 Å². The molecule has 3 nitrogen and oxygen atoms in total. The lowest BCUT2D eigenvalue weighted by Crippen LogP contribution is -2.39. The van der Waals surface area contributed by atoms with Gasteiger partial charge in [0.25, 0.3) is 5.91 Å². The van der Waals surface area contributed by atoms with Crippen LogP contribution in [0.4, 0.5) is 0 Å². The average Bonchev–Trinajstić information content (AvgIpc) is 2.44. The molecule has 0 spiro atoms. The number of fused-ring (bicyclic) bond motifs is 1. The zero-order valence-corrected chi connectivity index (χ0v) is 12.7. The molecule has 0 aromatic heterocycles. The van der Waals surface area contributed by atoms with Gasteiger partial charge in [0.1, 0.15) is 5.75 Å². The summed E-state index contributed by atoms with van der Waals surface area (Å²) in [5, 5.41) is 2.97. The van der Waals surface area contributed by atoms with Crippen molar-refractivity contribution >= 4 is 5.91 Å². The van der Waals surface area contributed by atoms with E-state index < -0.39 is 0 Å². The maximum Gasteiger partial charge on any atom is 0.258 e. The van der Waals surface area contributed by atoms with Crippen LogP contribution in [-0.4, -0.2) is 18.6 Å². The second-order valence-electron chi connectivity index (χ2n) is 5.99. The first-order valence-electron chi connectivity index (χ1n) is 7.61. The van der Waals surface area contributed by atoms with E-state index in [4.69, 9.17) is 4.74 Å². The van der Waals surface area contributed by atoms with E-state index in [1.807, 2.05) is 19.1 Å². The average molecular weight is 275 g/mol. The van der Waals surface area contributed by atoms with Gasteiger partial charge >= 0.3 is 0 Å². The Morgan fingerprint density at radius 1 is 1.25 bits per heavy atom. The molecule has 0 heterocycles. The van der Waals surface area contributed by atoms with Crippen molar-refractivity contribution in [2.45, 2.75) is 52.5 Å². The van der Waals surface area contributed by atoms with Gasteiger partial charge in [-0.2, -0.15) is 0 Å². The molecule has 1 aromatic carbocycles. The van der Waals surface area contributed by atoms with Crippen LogP contribution in [0.15, 0.2) is 18.2 Å². The molecule has 1 atom stereocenters. The number of nitrogens with one attached hydrogen (secondary N) is 1. The Balaban J connectivity index is 1.93. The van der Waals surface area contributed by atoms with Crippen LogP contribution in [0.2, 0.25) is 0 Å². The first-order valence-corrected chi connectivity index (χ1v) is 7.61. The Morgan fingerprint density at radius 3 is 2.75 bits per heavy atom. The Morgan fingerprint density at radius 2 is 2.00 bits per heavy atom. The van der Waals surface area contributed by atoms with Gasteiger partial charge in [0, 0.05) is 6.04 Å². The van der Waals surface area contributed by atoms with Crippen LogP contribution in [0.3, 0.4) is 0 Å². The Bertz CT molecular complexity index is 468. The highest BCUT2D eigenvalue weighted by Gasteiger charge is 2.15. The highest BCUT2D eigenvalue weighted by Crippen LogP contribution is 2.29. The van der Waals surface area contributed by atoms with Crippen molar-refractivity contribution in [2.24, 2.45) is 5.92 Å². The number of carbonyl (C=O) groups excluding carboxylic acids is 1. The third-order valence-corrected chi connectivity index (χ3v) is 4.10. The molecule has 0 radical (unpaired) electrons. The third kappa shape index (κ3) is 3.75. The lowest BCUT2D eigenvalue weighted by molar-refractivity contribution is -0.124. The summed E-state index contributed by atoms with van der Waals surface area (Å²) in [6.07, 6.45) is 4.66. The van der Waals surface area contributed by atoms with Crippen molar-refractivity contribution in [3.05, 3.63) is 29.3 Å². The van der Waals surface area contributed by atoms with Crippen molar-refractivity contribution in [2.75, 3.05) is 6.61 Å². The van der Waals surface area contributed by atoms with E-state index in [1.165, 1.54) is 24.0 Å². The first-order chi connectivity index (χ1) is 9.58. The fraction of sp³-hybridized carbons (Fsp3) is 0.588. The van der Waals surface area contributed by atoms with E-state index in [2.05, 4.69) is 25.2 Å². The molecule has 3 heteroatoms. The summed E-state index contributed by atoms with van der Waals surface area (Å²) < 4.78 is 5.73. The summed E-state index contributed by atoms with van der Waals surface area (Å²) in [7, 11) is 0. The molecule has 110 valence electrons. The van der Waals surface area contributed by atoms with Gasteiger partial charge < -0.3 is 10.1 Å². The van der Waals surface area contributed by atoms with Crippen LogP contribution in [-0.2, 0) is 17.6 Å². The van der Waals surface area contributed by atoms with E-state index >= 15 is 0 Å². The molecule has 1 aromatic rings. The summed E-state index contributed by atoms with van der Waals surface area (Å²) in [5.41, 5.74) is 2.67. The number of rotatable bonds is 5. The van der Waals surface area contributed by atoms with Crippen molar-refractivity contribution in [1.29, 1.82) is 0 Å². The van der Waals surface area contributed by atoms with Gasteiger partial charge in [-0.25, -0.2) is 0 Å². The smallest absolute Gasteiger partial charge is 0.258 e. The lowest BCUT2D eigenvalue weighted by Gasteiger charge is -2.20. The molecule has 2 rings (SSSR count). The number of hydrogen-bond donors (Lipinski definition) is 1. The van der Waals surface area contributed by atoms with Crippen molar-refractivity contribution < 1.29 is 9.53 Å². The highest BCUT2D eigenvalue weighted by atomic mass is 16.5. The van der Waals surface area contributed by atoms with Crippen LogP contribution in [0, 0.1) is 5.92 Å². The topological polar surface area (TPSA) is 38.3 Å². The lowest BCUT2D eigenvalue weighted by atomic mass is 9.91. The van der Waals surface area contributed by atoms with Crippen molar-refractivity contribution in [1.82, 2.24) is 5.32 Å². The molecule has 0 unspecified atom stereocenters. The molecule has 20 heavy (non-hydrogen) atoms. The number of aryl methyl sites for hydroxylation is 1. The summed E-state index contributed by atoms with van der Waals surface area (Å²) in [5.74, 6) is 1.28. The number of amides is 1. The molecular formula is C17H25NO2. The van der Waals surface area contributed by atoms with Crippen molar-refractivity contribution in [3.8, 4) is 5.75 Å². The molecule has 1 N–H and O–H groups in total. The quantitative estimate of drug-likeness (QED) is 0.896. The number of ether oxygens (including phenoxy) is 1. The molecule has 0 saturated heterocycles. The first kappa shape index (κ1) is 14.9. The highest BCUT2D eigenvalue weighted by molar-refractivity contribution is 5.77. The number of benzene rings is 1. The van der Waals surface area contributed by atoms with Crippen LogP contribution in [0.5, 0.6) is 5.75 Å². The predicted molar refractivity (Wildman–Crippen MR) is 81.0 cm³/mol. The van der Waals surface area contributed by atoms with Gasteiger partial charge in [0.05, 0.1) is 0 Å². The molecular weight excluding hydrogens is 250 g/mol. The molecule has 0 aliphatic heterocycles. The van der Waals surface area contributed by atoms with E-state index in [0.29, 0.717) is 5.92 Å². The molecule has 0 fully saturated rings. The van der Waals surface area contributed by atoms with Gasteiger partial charge in [-0.05, 0) is 55.7 Å². The number of carbonyl (C=O) groups is 1. The summed E-state index contributed by atoms with van der Waals surface area (Å²) in [6, 6.07) is 6.34. The van der Waals surface area contributed by atoms with Gasteiger partial charge in [-0.3, -0.25) is 4.79 Å². The van der Waals surface area contributed by atoms with E-state index in [9.17, 15) is 4.79 Å². The monoisotopic (exact) mass is 275 g/mol. The third-order valence-electron chi connectivity index (χ3n) is 4.10. The maximum absolute atomic E-state index is 11.9. The van der Waals surface area contributed by atoms with Gasteiger partial charge in [-0.1, -0.05) is 26.0 Å². The van der Waals surface area contributed by atoms with E-state index in [1.54, 1.807) is 0 Å². The predicted octanol–water partition coefficient (Wildman–Crippen LogP) is 3.10. The Labute approximate surface area is 121 Å². The molecule has 0 saturated carbocycles. The van der Waals surface area contributed by atoms with Gasteiger partial charge in [0.15, 0.2) is 6.61 Å². The standard InChI is InChI=1S/C17H25NO2/c1-12(2)13(3)18-17(19)11-20-16-10-6-8-14-7-4-5-9-15(14)16/h6,8,10,12-13H,4-5,7,9,11H2,1-3H3,(H,18,19)/t13-/m0/s1. The second kappa shape index (κ2) is 6.78. The summed E-state index contributed by atoms with van der Waals surface area (Å²) in [6.45, 7) is 6.32. The van der Waals surface area contributed by atoms with E-state index in [-0.39, 0.29) is 18.6 Å². The largest absolute Gasteiger partial charge is 0.483 e. The van der Waals surface area contributed by atoms with Crippen LogP contribution >= 0.6 is 0 Å². The van der Waals surface area contributed by atoms with Crippen LogP contribution in [0.25, 0.3) is 0 Å². The molecule has 0 bridgehead atoms. The zero-order chi connectivity index (χ0) is 14.5. The number of hydrogen-bond acceptors (Lipinski definition) is 2. The van der Waals surface area contributed by atoms with Gasteiger partial charge in [-0.15, -0.1) is 0 Å². The van der Waals surface area contributed by atoms with Crippen LogP contribution < -0.4 is 10.1 Å². The zero-order valence-electron chi connectivity index (χ0n) is 12.7. The molecule has 1 aliphatic carbocycles. The summed E-state index contributed by atoms with van der Waals surface area (Å²) in [4.78, 5) is 11.9. The SMILES string of the molecule is CC(C)[C@H](C)NC(=O)COc1cccc2c1CCCC2. The maximum atomic E-state index is 11.9. The Hall–Kier alpha value is -1.51. The fourth-order valence-electron chi connectivity index (χ4n) is 2.49. The minimum absolute atomic E-state index is 0.0420. The fourth-order valence-corrected chi connectivity index (χ4v) is 2.49. The summed E-state index contributed by atoms with van der Waals surface area (Å²) >= 11 is 0. The minimum atomic E-state index is -0.0420. The van der Waals surface area contributed by atoms with Gasteiger partial charge in [0.2, 0.25) is 0 Å². The Kier molecular flexibility index (Phi) is 5.05. The second-order valence-corrected chi connectivity index (χ2v) is 5.99. The molecule has 1 amide bonds.